The van der Waals surface area contributed by atoms with Gasteiger partial charge in [-0.25, -0.2) is 0 Å². The van der Waals surface area contributed by atoms with Gasteiger partial charge in [0.15, 0.2) is 0 Å². The Hall–Kier alpha value is -2.38. The molecule has 2 rings (SSSR count). The second-order valence-electron chi connectivity index (χ2n) is 4.51. The number of carbonyl (C=O) groups excluding carboxylic acids is 1. The van der Waals surface area contributed by atoms with Crippen LogP contribution in [-0.2, 0) is 6.42 Å². The number of amides is 1. The number of halogens is 2. The topological polar surface area (TPSA) is 108 Å². The third-order valence-corrected chi connectivity index (χ3v) is 3.40. The van der Waals surface area contributed by atoms with Crippen molar-refractivity contribution in [2.24, 2.45) is 5.73 Å². The molecule has 7 nitrogen and oxygen atoms in total. The van der Waals surface area contributed by atoms with Crippen LogP contribution in [0.4, 0.5) is 5.69 Å². The molecule has 1 aromatic heterocycles. The molecule has 0 saturated carbocycles. The lowest BCUT2D eigenvalue weighted by atomic mass is 10.2. The Kier molecular flexibility index (Phi) is 5.36. The summed E-state index contributed by atoms with van der Waals surface area (Å²) in [6, 6.07) is 5.71. The molecule has 2 N–H and O–H groups in total. The molecule has 0 saturated heterocycles. The summed E-state index contributed by atoms with van der Waals surface area (Å²) in [6.45, 7) is 0.139. The number of carbonyl (C=O) groups is 1. The van der Waals surface area contributed by atoms with Gasteiger partial charge in [0, 0.05) is 23.7 Å². The van der Waals surface area contributed by atoms with E-state index >= 15 is 0 Å². The Bertz CT molecular complexity index is 750. The first-order valence-corrected chi connectivity index (χ1v) is 7.15. The van der Waals surface area contributed by atoms with Gasteiger partial charge in [-0.1, -0.05) is 29.3 Å². The van der Waals surface area contributed by atoms with Gasteiger partial charge in [0.2, 0.25) is 5.75 Å². The van der Waals surface area contributed by atoms with E-state index in [2.05, 4.69) is 4.98 Å². The van der Waals surface area contributed by atoms with Crippen molar-refractivity contribution in [1.29, 1.82) is 0 Å². The van der Waals surface area contributed by atoms with Crippen LogP contribution >= 0.6 is 23.2 Å². The van der Waals surface area contributed by atoms with Crippen molar-refractivity contribution in [3.8, 4) is 5.75 Å². The third kappa shape index (κ3) is 4.30. The van der Waals surface area contributed by atoms with E-state index in [1.165, 1.54) is 24.4 Å². The number of nitrogens with two attached hydrogens (primary N) is 1. The molecular weight excluding hydrogens is 345 g/mol. The van der Waals surface area contributed by atoms with Crippen LogP contribution < -0.4 is 10.5 Å². The van der Waals surface area contributed by atoms with Crippen LogP contribution in [0.5, 0.6) is 5.75 Å². The highest BCUT2D eigenvalue weighted by molar-refractivity contribution is 6.36. The average molecular weight is 356 g/mol. The van der Waals surface area contributed by atoms with Crippen LogP contribution in [0.3, 0.4) is 0 Å². The number of nitro benzene ring substituents is 1. The van der Waals surface area contributed by atoms with Gasteiger partial charge in [-0.05, 0) is 17.7 Å². The largest absolute Gasteiger partial charge is 0.485 e. The summed E-state index contributed by atoms with van der Waals surface area (Å²) in [5, 5.41) is 11.2. The van der Waals surface area contributed by atoms with E-state index in [0.717, 1.165) is 5.56 Å². The highest BCUT2D eigenvalue weighted by Crippen LogP contribution is 2.37. The number of nitrogens with zero attached hydrogens (tertiary/aromatic N) is 2. The molecule has 0 aliphatic rings. The van der Waals surface area contributed by atoms with Crippen LogP contribution in [-0.4, -0.2) is 22.4 Å². The second kappa shape index (κ2) is 7.26. The van der Waals surface area contributed by atoms with Gasteiger partial charge in [-0.15, -0.1) is 0 Å². The van der Waals surface area contributed by atoms with Gasteiger partial charge < -0.3 is 10.5 Å². The first-order chi connectivity index (χ1) is 10.9. The summed E-state index contributed by atoms with van der Waals surface area (Å²) in [4.78, 5) is 25.2. The quantitative estimate of drug-likeness (QED) is 0.632. The highest BCUT2D eigenvalue weighted by atomic mass is 35.5. The summed E-state index contributed by atoms with van der Waals surface area (Å²) in [5.74, 6) is -0.654. The zero-order valence-electron chi connectivity index (χ0n) is 11.7. The maximum absolute atomic E-state index is 11.0. The number of hydrogen-bond donors (Lipinski definition) is 1. The summed E-state index contributed by atoms with van der Waals surface area (Å²) >= 11 is 11.7. The molecule has 0 fully saturated rings. The maximum atomic E-state index is 11.0. The Balaban J connectivity index is 2.06. The molecule has 0 aliphatic carbocycles. The normalized spacial score (nSPS) is 10.3. The Morgan fingerprint density at radius 1 is 1.35 bits per heavy atom. The molecule has 0 atom stereocenters. The lowest BCUT2D eigenvalue weighted by molar-refractivity contribution is -0.385. The van der Waals surface area contributed by atoms with E-state index in [4.69, 9.17) is 33.7 Å². The Morgan fingerprint density at radius 3 is 2.65 bits per heavy atom. The molecule has 0 aliphatic heterocycles. The lowest BCUT2D eigenvalue weighted by Crippen LogP contribution is -2.13. The predicted octanol–water partition coefficient (Wildman–Crippen LogP) is 3.02. The van der Waals surface area contributed by atoms with E-state index < -0.39 is 10.8 Å². The van der Waals surface area contributed by atoms with Gasteiger partial charge in [0.05, 0.1) is 16.6 Å². The van der Waals surface area contributed by atoms with Gasteiger partial charge in [0.1, 0.15) is 5.69 Å². The van der Waals surface area contributed by atoms with Crippen LogP contribution in [0.25, 0.3) is 0 Å². The summed E-state index contributed by atoms with van der Waals surface area (Å²) in [5.41, 5.74) is 5.74. The van der Waals surface area contributed by atoms with E-state index in [9.17, 15) is 14.9 Å². The molecule has 0 radical (unpaired) electrons. The first kappa shape index (κ1) is 17.0. The maximum Gasteiger partial charge on any atom is 0.314 e. The van der Waals surface area contributed by atoms with Gasteiger partial charge >= 0.3 is 5.69 Å². The zero-order chi connectivity index (χ0) is 17.0. The van der Waals surface area contributed by atoms with E-state index in [0.29, 0.717) is 6.42 Å². The molecule has 0 spiro atoms. The number of pyridine rings is 1. The monoisotopic (exact) mass is 355 g/mol. The van der Waals surface area contributed by atoms with Crippen molar-refractivity contribution < 1.29 is 14.5 Å². The van der Waals surface area contributed by atoms with Crippen molar-refractivity contribution >= 4 is 34.8 Å². The van der Waals surface area contributed by atoms with Crippen LogP contribution in [0.2, 0.25) is 10.0 Å². The van der Waals surface area contributed by atoms with Gasteiger partial charge in [-0.2, -0.15) is 0 Å². The highest BCUT2D eigenvalue weighted by Gasteiger charge is 2.20. The predicted molar refractivity (Wildman–Crippen MR) is 85.1 cm³/mol. The SMILES string of the molecule is NC(=O)c1ccc(CCOc2c(Cl)cc(Cl)cc2[N+](=O)[O-])cn1. The van der Waals surface area contributed by atoms with Crippen LogP contribution in [0, 0.1) is 10.1 Å². The molecule has 2 aromatic rings. The molecule has 0 bridgehead atoms. The van der Waals surface area contributed by atoms with Crippen LogP contribution in [0.15, 0.2) is 30.5 Å². The summed E-state index contributed by atoms with van der Waals surface area (Å²) in [6.07, 6.45) is 1.91. The van der Waals surface area contributed by atoms with Crippen molar-refractivity contribution in [2.45, 2.75) is 6.42 Å². The van der Waals surface area contributed by atoms with Crippen molar-refractivity contribution in [3.05, 3.63) is 61.9 Å². The minimum atomic E-state index is -0.615. The van der Waals surface area contributed by atoms with Crippen molar-refractivity contribution in [1.82, 2.24) is 4.98 Å². The smallest absolute Gasteiger partial charge is 0.314 e. The molecule has 1 amide bonds. The first-order valence-electron chi connectivity index (χ1n) is 6.39. The van der Waals surface area contributed by atoms with Crippen molar-refractivity contribution in [2.75, 3.05) is 6.61 Å². The number of primary amides is 1. The minimum absolute atomic E-state index is 0.0391. The number of rotatable bonds is 6. The molecular formula is C14H11Cl2N3O4. The van der Waals surface area contributed by atoms with E-state index in [1.807, 2.05) is 0 Å². The molecule has 120 valence electrons. The summed E-state index contributed by atoms with van der Waals surface area (Å²) < 4.78 is 5.41. The second-order valence-corrected chi connectivity index (χ2v) is 5.35. The molecule has 0 unspecified atom stereocenters. The molecule has 9 heteroatoms. The van der Waals surface area contributed by atoms with Gasteiger partial charge in [-0.3, -0.25) is 19.9 Å². The Morgan fingerprint density at radius 2 is 2.09 bits per heavy atom. The third-order valence-electron chi connectivity index (χ3n) is 2.90. The van der Waals surface area contributed by atoms with E-state index in [-0.39, 0.29) is 33.8 Å². The number of benzene rings is 1. The number of aromatic nitrogens is 1. The fraction of sp³-hybridized carbons (Fsp3) is 0.143. The molecule has 23 heavy (non-hydrogen) atoms. The minimum Gasteiger partial charge on any atom is -0.485 e. The Labute approximate surface area is 141 Å². The standard InChI is InChI=1S/C14H11Cl2N3O4/c15-9-5-10(16)13(12(6-9)19(21)22)23-4-3-8-1-2-11(14(17)20)18-7-8/h1-2,5-7H,3-4H2,(H2,17,20). The number of nitro groups is 1. The average Bonchev–Trinajstić information content (AvgIpc) is 2.49. The lowest BCUT2D eigenvalue weighted by Gasteiger charge is -2.09. The molecule has 1 aromatic carbocycles. The fourth-order valence-corrected chi connectivity index (χ4v) is 2.35. The fourth-order valence-electron chi connectivity index (χ4n) is 1.81. The zero-order valence-corrected chi connectivity index (χ0v) is 13.2. The summed E-state index contributed by atoms with van der Waals surface area (Å²) in [7, 11) is 0. The molecule has 1 heterocycles. The number of ether oxygens (including phenoxy) is 1. The van der Waals surface area contributed by atoms with Gasteiger partial charge in [0.25, 0.3) is 5.91 Å². The van der Waals surface area contributed by atoms with Crippen molar-refractivity contribution in [3.63, 3.8) is 0 Å². The number of hydrogen-bond acceptors (Lipinski definition) is 5. The van der Waals surface area contributed by atoms with Crippen LogP contribution in [0.1, 0.15) is 16.1 Å². The van der Waals surface area contributed by atoms with E-state index in [1.54, 1.807) is 6.07 Å².